The topological polar surface area (TPSA) is 62.5 Å². The van der Waals surface area contributed by atoms with Crippen LogP contribution in [0.5, 0.6) is 5.75 Å². The number of anilines is 2. The molecule has 0 saturated heterocycles. The Morgan fingerprint density at radius 2 is 1.77 bits per heavy atom. The van der Waals surface area contributed by atoms with Crippen LogP contribution in [-0.4, -0.2) is 18.9 Å². The highest BCUT2D eigenvalue weighted by Crippen LogP contribution is 2.37. The van der Waals surface area contributed by atoms with E-state index < -0.39 is 5.54 Å². The number of hydrogen-bond acceptors (Lipinski definition) is 3. The van der Waals surface area contributed by atoms with Gasteiger partial charge in [-0.25, -0.2) is 0 Å². The van der Waals surface area contributed by atoms with Crippen LogP contribution in [0.3, 0.4) is 0 Å². The van der Waals surface area contributed by atoms with Crippen molar-refractivity contribution in [1.82, 2.24) is 0 Å². The highest BCUT2D eigenvalue weighted by Gasteiger charge is 2.54. The van der Waals surface area contributed by atoms with Crippen molar-refractivity contribution in [1.29, 1.82) is 0 Å². The molecule has 6 nitrogen and oxygen atoms in total. The number of amides is 2. The van der Waals surface area contributed by atoms with E-state index in [1.165, 1.54) is 0 Å². The Hall–Kier alpha value is -3.67. The molecule has 1 aliphatic heterocycles. The number of hydrogen-bond donors (Lipinski definition) is 1. The first-order chi connectivity index (χ1) is 14.9. The van der Waals surface area contributed by atoms with Gasteiger partial charge >= 0.3 is 0 Å². The lowest BCUT2D eigenvalue weighted by Crippen LogP contribution is -2.67. The third-order valence-corrected chi connectivity index (χ3v) is 5.91. The van der Waals surface area contributed by atoms with Crippen molar-refractivity contribution in [3.63, 3.8) is 0 Å². The lowest BCUT2D eigenvalue weighted by atomic mass is 9.89. The molecule has 0 fully saturated rings. The average Bonchev–Trinajstić information content (AvgIpc) is 2.76. The van der Waals surface area contributed by atoms with E-state index in [1.54, 1.807) is 25.0 Å². The van der Waals surface area contributed by atoms with Crippen molar-refractivity contribution in [2.24, 2.45) is 0 Å². The van der Waals surface area contributed by atoms with Crippen LogP contribution in [0.15, 0.2) is 66.9 Å². The normalized spacial score (nSPS) is 17.8. The number of nitrogens with one attached hydrogen (secondary N) is 1. The van der Waals surface area contributed by atoms with Crippen molar-refractivity contribution in [2.75, 3.05) is 17.3 Å². The van der Waals surface area contributed by atoms with Crippen molar-refractivity contribution in [2.45, 2.75) is 32.9 Å². The number of ether oxygens (including phenoxy) is 1. The number of aromatic nitrogens is 1. The summed E-state index contributed by atoms with van der Waals surface area (Å²) in [7, 11) is 1.58. The smallest absolute Gasteiger partial charge is 0.294 e. The van der Waals surface area contributed by atoms with Crippen molar-refractivity contribution >= 4 is 23.2 Å². The Balaban J connectivity index is 1.88. The predicted octanol–water partition coefficient (Wildman–Crippen LogP) is 3.50. The molecule has 0 aliphatic carbocycles. The largest absolute Gasteiger partial charge is 0.497 e. The molecule has 31 heavy (non-hydrogen) atoms. The maximum Gasteiger partial charge on any atom is 0.294 e. The van der Waals surface area contributed by atoms with Gasteiger partial charge in [0.15, 0.2) is 6.20 Å². The minimum Gasteiger partial charge on any atom is -0.497 e. The summed E-state index contributed by atoms with van der Waals surface area (Å²) in [5.41, 5.74) is 2.78. The van der Waals surface area contributed by atoms with Gasteiger partial charge in [-0.3, -0.25) is 14.5 Å². The highest BCUT2D eigenvalue weighted by atomic mass is 16.5. The number of carbonyl (C=O) groups is 2. The second kappa shape index (κ2) is 7.87. The fourth-order valence-corrected chi connectivity index (χ4v) is 4.25. The first kappa shape index (κ1) is 20.6. The van der Waals surface area contributed by atoms with Crippen molar-refractivity contribution < 1.29 is 18.9 Å². The molecule has 1 unspecified atom stereocenters. The molecule has 1 aliphatic rings. The molecule has 2 amide bonds. The second-order valence-corrected chi connectivity index (χ2v) is 7.94. The molecule has 0 bridgehead atoms. The monoisotopic (exact) mass is 416 g/mol. The van der Waals surface area contributed by atoms with Crippen LogP contribution < -0.4 is 19.5 Å². The van der Waals surface area contributed by atoms with Gasteiger partial charge in [-0.15, -0.1) is 0 Å². The molecule has 4 rings (SSSR count). The van der Waals surface area contributed by atoms with Gasteiger partial charge in [-0.1, -0.05) is 30.3 Å². The zero-order valence-electron chi connectivity index (χ0n) is 18.2. The van der Waals surface area contributed by atoms with Crippen LogP contribution in [-0.2, 0) is 21.7 Å². The number of nitrogens with zero attached hydrogens (tertiary/aromatic N) is 2. The summed E-state index contributed by atoms with van der Waals surface area (Å²) < 4.78 is 7.20. The molecule has 1 aromatic heterocycles. The summed E-state index contributed by atoms with van der Waals surface area (Å²) in [5.74, 6) is 0.172. The average molecular weight is 417 g/mol. The van der Waals surface area contributed by atoms with E-state index in [4.69, 9.17) is 4.74 Å². The Morgan fingerprint density at radius 1 is 1.06 bits per heavy atom. The summed E-state index contributed by atoms with van der Waals surface area (Å²) in [6, 6.07) is 18.7. The molecule has 0 radical (unpaired) electrons. The molecule has 1 atom stereocenters. The number of methoxy groups -OCH3 is 1. The van der Waals surface area contributed by atoms with E-state index in [2.05, 4.69) is 5.32 Å². The predicted molar refractivity (Wildman–Crippen MR) is 119 cm³/mol. The van der Waals surface area contributed by atoms with Crippen LogP contribution in [0.25, 0.3) is 0 Å². The van der Waals surface area contributed by atoms with Gasteiger partial charge in [0.05, 0.1) is 7.11 Å². The molecule has 0 spiro atoms. The SMILES string of the molecule is COc1cccc(N2C(=O)C[n+]3ccccc3C2(C)C(=O)Nc2c(C)cccc2C)c1. The molecule has 2 heterocycles. The molecule has 2 aromatic carbocycles. The van der Waals surface area contributed by atoms with E-state index in [-0.39, 0.29) is 18.4 Å². The second-order valence-electron chi connectivity index (χ2n) is 7.94. The number of pyridine rings is 1. The molecular formula is C25H26N3O3+. The molecule has 158 valence electrons. The molecule has 1 N–H and O–H groups in total. The van der Waals surface area contributed by atoms with Crippen LogP contribution in [0.2, 0.25) is 0 Å². The summed E-state index contributed by atoms with van der Waals surface area (Å²) in [6.45, 7) is 5.86. The maximum atomic E-state index is 13.9. The van der Waals surface area contributed by atoms with E-state index >= 15 is 0 Å². The van der Waals surface area contributed by atoms with E-state index in [1.807, 2.05) is 79.2 Å². The number of para-hydroxylation sites is 1. The van der Waals surface area contributed by atoms with Crippen molar-refractivity contribution in [3.8, 4) is 5.75 Å². The molecule has 6 heteroatoms. The first-order valence-electron chi connectivity index (χ1n) is 10.2. The van der Waals surface area contributed by atoms with Crippen LogP contribution >= 0.6 is 0 Å². The van der Waals surface area contributed by atoms with Crippen LogP contribution in [0, 0.1) is 13.8 Å². The van der Waals surface area contributed by atoms with Gasteiger partial charge in [0.1, 0.15) is 5.75 Å². The maximum absolute atomic E-state index is 13.9. The zero-order valence-corrected chi connectivity index (χ0v) is 18.2. The number of benzene rings is 2. The first-order valence-corrected chi connectivity index (χ1v) is 10.2. The van der Waals surface area contributed by atoms with Gasteiger partial charge < -0.3 is 10.1 Å². The fourth-order valence-electron chi connectivity index (χ4n) is 4.25. The van der Waals surface area contributed by atoms with Crippen LogP contribution in [0.4, 0.5) is 11.4 Å². The molecule has 3 aromatic rings. The summed E-state index contributed by atoms with van der Waals surface area (Å²) in [6.07, 6.45) is 1.83. The van der Waals surface area contributed by atoms with E-state index in [0.29, 0.717) is 11.4 Å². The minimum atomic E-state index is -1.27. The Bertz CT molecular complexity index is 1150. The van der Waals surface area contributed by atoms with Gasteiger partial charge in [0, 0.05) is 29.6 Å². The van der Waals surface area contributed by atoms with Gasteiger partial charge in [0.25, 0.3) is 11.8 Å². The van der Waals surface area contributed by atoms with E-state index in [0.717, 1.165) is 22.5 Å². The van der Waals surface area contributed by atoms with Crippen LogP contribution in [0.1, 0.15) is 23.7 Å². The Kier molecular flexibility index (Phi) is 5.23. The number of aryl methyl sites for hydroxylation is 2. The highest BCUT2D eigenvalue weighted by molar-refractivity contribution is 6.08. The Labute approximate surface area is 182 Å². The fraction of sp³-hybridized carbons (Fsp3) is 0.240. The Morgan fingerprint density at radius 3 is 2.48 bits per heavy atom. The third-order valence-electron chi connectivity index (χ3n) is 5.91. The quantitative estimate of drug-likeness (QED) is 0.662. The zero-order chi connectivity index (χ0) is 22.2. The summed E-state index contributed by atoms with van der Waals surface area (Å²) in [4.78, 5) is 28.8. The molecule has 0 saturated carbocycles. The lowest BCUT2D eigenvalue weighted by Gasteiger charge is -2.40. The minimum absolute atomic E-state index is 0.152. The summed E-state index contributed by atoms with van der Waals surface area (Å²) >= 11 is 0. The third kappa shape index (κ3) is 3.44. The lowest BCUT2D eigenvalue weighted by molar-refractivity contribution is -0.697. The van der Waals surface area contributed by atoms with Crippen molar-refractivity contribution in [3.05, 3.63) is 83.7 Å². The number of carbonyl (C=O) groups excluding carboxylic acids is 2. The molecular weight excluding hydrogens is 390 g/mol. The standard InChI is InChI=1S/C25H25N3O3/c1-17-9-7-10-18(2)23(17)26-24(30)25(3)21-13-5-6-14-27(21)16-22(29)28(25)19-11-8-12-20(15-19)31-4/h5-15H,16H2,1-4H3/p+1. The van der Waals surface area contributed by atoms with E-state index in [9.17, 15) is 9.59 Å². The summed E-state index contributed by atoms with van der Waals surface area (Å²) in [5, 5.41) is 3.10. The number of fused-ring (bicyclic) bond motifs is 1. The van der Waals surface area contributed by atoms with Gasteiger partial charge in [-0.05, 0) is 44.0 Å². The van der Waals surface area contributed by atoms with Gasteiger partial charge in [0.2, 0.25) is 17.8 Å². The van der Waals surface area contributed by atoms with Gasteiger partial charge in [-0.2, -0.15) is 4.57 Å². The number of rotatable bonds is 4.